The zero-order valence-corrected chi connectivity index (χ0v) is 31.9. The minimum Gasteiger partial charge on any atom is -0.307 e. The predicted molar refractivity (Wildman–Crippen MR) is 232 cm³/mol. The minimum atomic E-state index is -2.27. The Morgan fingerprint density at radius 2 is 0.831 bits per heavy atom. The van der Waals surface area contributed by atoms with Crippen LogP contribution in [0.1, 0.15) is 0 Å². The zero-order valence-electron chi connectivity index (χ0n) is 30.2. The molecule has 3 nitrogen and oxygen atoms in total. The lowest BCUT2D eigenvalue weighted by Crippen LogP contribution is -2.07. The van der Waals surface area contributed by atoms with Crippen LogP contribution in [0, 0.1) is 35.7 Å². The molecule has 59 heavy (non-hydrogen) atoms. The zero-order chi connectivity index (χ0) is 39.8. The van der Waals surface area contributed by atoms with Crippen molar-refractivity contribution in [2.75, 3.05) is 0 Å². The second-order valence-corrected chi connectivity index (χ2v) is 16.6. The lowest BCUT2D eigenvalue weighted by molar-refractivity contribution is 0.381. The molecule has 0 aliphatic carbocycles. The van der Waals surface area contributed by atoms with Crippen molar-refractivity contribution >= 4 is 112 Å². The van der Waals surface area contributed by atoms with E-state index in [2.05, 4.69) is 57.9 Å². The van der Waals surface area contributed by atoms with Crippen LogP contribution in [-0.4, -0.2) is 9.13 Å². The Labute approximate surface area is 338 Å². The second-order valence-electron chi connectivity index (χ2n) is 14.5. The molecule has 0 amide bonds. The highest BCUT2D eigenvalue weighted by Gasteiger charge is 2.31. The van der Waals surface area contributed by atoms with Crippen molar-refractivity contribution in [3.8, 4) is 22.5 Å². The highest BCUT2D eigenvalue weighted by molar-refractivity contribution is 7.27. The van der Waals surface area contributed by atoms with Crippen molar-refractivity contribution in [2.24, 2.45) is 0 Å². The third-order valence-corrected chi connectivity index (χ3v) is 13.9. The van der Waals surface area contributed by atoms with Gasteiger partial charge in [0.25, 0.3) is 0 Å². The number of fused-ring (bicyclic) bond motifs is 14. The molecule has 10 heteroatoms. The summed E-state index contributed by atoms with van der Waals surface area (Å²) in [7, 11) is 0. The average molecular weight is 812 g/mol. The lowest BCUT2D eigenvalue weighted by atomic mass is 9.99. The molecule has 0 aliphatic rings. The van der Waals surface area contributed by atoms with Crippen LogP contribution in [0.3, 0.4) is 0 Å². The minimum absolute atomic E-state index is 0.283. The van der Waals surface area contributed by atoms with Crippen molar-refractivity contribution in [3.63, 3.8) is 0 Å². The van der Waals surface area contributed by atoms with Gasteiger partial charge in [-0.1, -0.05) is 97.1 Å². The summed E-state index contributed by atoms with van der Waals surface area (Å²) in [6.45, 7) is 8.36. The number of aromatic nitrogens is 2. The third kappa shape index (κ3) is 4.48. The van der Waals surface area contributed by atoms with E-state index in [0.29, 0.717) is 11.4 Å². The van der Waals surface area contributed by atoms with Gasteiger partial charge in [-0.05, 0) is 42.0 Å². The van der Waals surface area contributed by atoms with E-state index in [-0.39, 0.29) is 5.69 Å². The summed E-state index contributed by atoms with van der Waals surface area (Å²) in [5.41, 5.74) is 2.22. The Balaban J connectivity index is 1.33. The van der Waals surface area contributed by atoms with E-state index in [1.165, 1.54) is 12.1 Å². The summed E-state index contributed by atoms with van der Waals surface area (Å²) in [4.78, 5) is 3.72. The molecule has 0 aliphatic heterocycles. The SMILES string of the molecule is [C-]#[N+]c1cc(-n2c3ccccc3c3ccc4c5ccccc5sc4c32)c(-n2c3ccccc3c3ccc4c5ccccc5sc4c32)cc1-c1c(F)c(F)c(F)c(F)c1F. The molecule has 0 bridgehead atoms. The first-order chi connectivity index (χ1) is 28.8. The quantitative estimate of drug-likeness (QED) is 0.0730. The molecule has 0 atom stereocenters. The van der Waals surface area contributed by atoms with Gasteiger partial charge in [0, 0.05) is 58.1 Å². The van der Waals surface area contributed by atoms with Crippen LogP contribution in [0.5, 0.6) is 0 Å². The van der Waals surface area contributed by atoms with Gasteiger partial charge < -0.3 is 9.13 Å². The van der Waals surface area contributed by atoms with Crippen LogP contribution in [-0.2, 0) is 0 Å². The van der Waals surface area contributed by atoms with Gasteiger partial charge in [-0.25, -0.2) is 26.8 Å². The predicted octanol–water partition coefficient (Wildman–Crippen LogP) is 15.5. The first-order valence-electron chi connectivity index (χ1n) is 18.6. The number of hydrogen-bond acceptors (Lipinski definition) is 2. The summed E-state index contributed by atoms with van der Waals surface area (Å²) >= 11 is 3.25. The fraction of sp³-hybridized carbons (Fsp3) is 0. The number of benzene rings is 8. The first kappa shape index (κ1) is 34.0. The maximum Gasteiger partial charge on any atom is 0.200 e. The largest absolute Gasteiger partial charge is 0.307 e. The molecular formula is C49H22F5N3S2. The number of nitrogens with zero attached hydrogens (tertiary/aromatic N) is 3. The van der Waals surface area contributed by atoms with Crippen LogP contribution >= 0.6 is 22.7 Å². The van der Waals surface area contributed by atoms with Crippen LogP contribution in [0.4, 0.5) is 27.6 Å². The summed E-state index contributed by atoms with van der Waals surface area (Å²) < 4.78 is 84.7. The number of para-hydroxylation sites is 2. The van der Waals surface area contributed by atoms with Gasteiger partial charge in [0.1, 0.15) is 0 Å². The van der Waals surface area contributed by atoms with Crippen LogP contribution in [0.25, 0.3) is 111 Å². The molecule has 0 N–H and O–H groups in total. The van der Waals surface area contributed by atoms with Gasteiger partial charge in [-0.2, -0.15) is 0 Å². The van der Waals surface area contributed by atoms with Gasteiger partial charge in [0.05, 0.1) is 49.4 Å². The van der Waals surface area contributed by atoms with Gasteiger partial charge in [-0.3, -0.25) is 0 Å². The summed E-state index contributed by atoms with van der Waals surface area (Å²) in [5, 5.41) is 7.89. The van der Waals surface area contributed by atoms with Crippen molar-refractivity contribution < 1.29 is 22.0 Å². The topological polar surface area (TPSA) is 14.2 Å². The van der Waals surface area contributed by atoms with E-state index in [9.17, 15) is 4.39 Å². The van der Waals surface area contributed by atoms with E-state index < -0.39 is 40.2 Å². The monoisotopic (exact) mass is 811 g/mol. The average Bonchev–Trinajstić information content (AvgIpc) is 4.02. The Morgan fingerprint density at radius 1 is 0.424 bits per heavy atom. The normalized spacial score (nSPS) is 12.1. The standard InChI is InChI=1S/C49H22F5N3S2/c1-55-33-23-37(57-35-15-7-3-11-25(35)29-19-21-31-27-13-5-9-17-39(27)59-49(31)47(29)57)36(22-32(33)40-41(50)43(52)45(54)44(53)42(40)51)56-34-14-6-2-10-24(34)28-18-20-30-26-12-4-8-16-38(26)58-48(30)46(28)56/h2-23H. The van der Waals surface area contributed by atoms with Gasteiger partial charge >= 0.3 is 0 Å². The summed E-state index contributed by atoms with van der Waals surface area (Å²) in [6.07, 6.45) is 0. The molecule has 4 aromatic heterocycles. The van der Waals surface area contributed by atoms with Gasteiger partial charge in [0.15, 0.2) is 29.0 Å². The molecule has 0 radical (unpaired) electrons. The van der Waals surface area contributed by atoms with E-state index in [1.54, 1.807) is 22.7 Å². The molecule has 280 valence electrons. The molecule has 8 aromatic carbocycles. The van der Waals surface area contributed by atoms with Crippen molar-refractivity contribution in [3.05, 3.63) is 174 Å². The number of halogens is 5. The highest BCUT2D eigenvalue weighted by Crippen LogP contribution is 2.49. The molecular weight excluding hydrogens is 790 g/mol. The van der Waals surface area contributed by atoms with Gasteiger partial charge in [-0.15, -0.1) is 22.7 Å². The smallest absolute Gasteiger partial charge is 0.200 e. The Hall–Kier alpha value is -7.06. The maximum atomic E-state index is 15.9. The molecule has 0 fully saturated rings. The Bertz CT molecular complexity index is 3850. The molecule has 12 rings (SSSR count). The van der Waals surface area contributed by atoms with Crippen LogP contribution in [0.2, 0.25) is 0 Å². The second kappa shape index (κ2) is 12.2. The molecule has 0 spiro atoms. The van der Waals surface area contributed by atoms with Gasteiger partial charge in [0.2, 0.25) is 5.82 Å². The molecule has 4 heterocycles. The molecule has 0 saturated carbocycles. The molecule has 12 aromatic rings. The van der Waals surface area contributed by atoms with E-state index in [1.807, 2.05) is 77.4 Å². The maximum absolute atomic E-state index is 15.9. The molecule has 0 saturated heterocycles. The van der Waals surface area contributed by atoms with Crippen molar-refractivity contribution in [1.29, 1.82) is 0 Å². The molecule has 0 unspecified atom stereocenters. The van der Waals surface area contributed by atoms with Crippen molar-refractivity contribution in [2.45, 2.75) is 0 Å². The van der Waals surface area contributed by atoms with E-state index in [4.69, 9.17) is 6.57 Å². The lowest BCUT2D eigenvalue weighted by Gasteiger charge is -2.20. The van der Waals surface area contributed by atoms with Crippen LogP contribution < -0.4 is 0 Å². The first-order valence-corrected chi connectivity index (χ1v) is 20.2. The van der Waals surface area contributed by atoms with E-state index >= 15 is 17.6 Å². The Morgan fingerprint density at radius 3 is 1.32 bits per heavy atom. The highest BCUT2D eigenvalue weighted by atomic mass is 32.1. The fourth-order valence-electron chi connectivity index (χ4n) is 9.02. The number of hydrogen-bond donors (Lipinski definition) is 0. The summed E-state index contributed by atoms with van der Waals surface area (Å²) in [5.74, 6) is -10.5. The van der Waals surface area contributed by atoms with Crippen molar-refractivity contribution in [1.82, 2.24) is 9.13 Å². The summed E-state index contributed by atoms with van der Waals surface area (Å²) in [6, 6.07) is 43.3. The number of thiophene rings is 2. The fourth-order valence-corrected chi connectivity index (χ4v) is 11.5. The Kier molecular flexibility index (Phi) is 7.05. The van der Waals surface area contributed by atoms with E-state index in [0.717, 1.165) is 84.0 Å². The third-order valence-electron chi connectivity index (χ3n) is 11.5. The van der Waals surface area contributed by atoms with Crippen LogP contribution in [0.15, 0.2) is 133 Å². The number of rotatable bonds is 3.